The Morgan fingerprint density at radius 1 is 1.12 bits per heavy atom. The van der Waals surface area contributed by atoms with Crippen molar-refractivity contribution in [3.05, 3.63) is 72.1 Å². The number of carbonyl (C=O) groups is 1. The van der Waals surface area contributed by atoms with Gasteiger partial charge >= 0.3 is 0 Å². The predicted molar refractivity (Wildman–Crippen MR) is 97.4 cm³/mol. The standard InChI is InChI=1S/C20H17N3O/c1-2-13-5-3-7-17-16-9-8-15(11-18(16)23-19(13)17)22-20(24)14-6-4-10-21-12-14/h3-12,23H,2H2,1H3,(H,22,24). The minimum Gasteiger partial charge on any atom is -0.354 e. The lowest BCUT2D eigenvalue weighted by Crippen LogP contribution is -2.11. The highest BCUT2D eigenvalue weighted by Gasteiger charge is 2.10. The van der Waals surface area contributed by atoms with E-state index < -0.39 is 0 Å². The minimum atomic E-state index is -0.159. The van der Waals surface area contributed by atoms with E-state index in [-0.39, 0.29) is 5.91 Å². The molecule has 0 aliphatic rings. The van der Waals surface area contributed by atoms with Gasteiger partial charge in [-0.15, -0.1) is 0 Å². The SMILES string of the molecule is CCc1cccc2c1[nH]c1cc(NC(=O)c3cccnc3)ccc12. The second-order valence-electron chi connectivity index (χ2n) is 5.77. The molecule has 0 bridgehead atoms. The van der Waals surface area contributed by atoms with Crippen LogP contribution in [-0.2, 0) is 6.42 Å². The predicted octanol–water partition coefficient (Wildman–Crippen LogP) is 4.53. The Balaban J connectivity index is 1.73. The van der Waals surface area contributed by atoms with Crippen molar-refractivity contribution in [1.29, 1.82) is 0 Å². The van der Waals surface area contributed by atoms with Crippen molar-refractivity contribution >= 4 is 33.4 Å². The number of carbonyl (C=O) groups excluding carboxylic acids is 1. The number of anilines is 1. The van der Waals surface area contributed by atoms with Gasteiger partial charge in [0, 0.05) is 39.9 Å². The third-order valence-corrected chi connectivity index (χ3v) is 4.28. The highest BCUT2D eigenvalue weighted by atomic mass is 16.1. The monoisotopic (exact) mass is 315 g/mol. The van der Waals surface area contributed by atoms with Crippen LogP contribution >= 0.6 is 0 Å². The highest BCUT2D eigenvalue weighted by molar-refractivity contribution is 6.10. The molecule has 4 rings (SSSR count). The van der Waals surface area contributed by atoms with Crippen molar-refractivity contribution in [2.24, 2.45) is 0 Å². The Kier molecular flexibility index (Phi) is 3.50. The number of nitrogens with zero attached hydrogens (tertiary/aromatic N) is 1. The molecule has 0 aliphatic heterocycles. The van der Waals surface area contributed by atoms with Gasteiger partial charge in [0.05, 0.1) is 5.56 Å². The van der Waals surface area contributed by atoms with Crippen LogP contribution in [0.25, 0.3) is 21.8 Å². The summed E-state index contributed by atoms with van der Waals surface area (Å²) in [5.41, 5.74) is 4.80. The molecule has 4 nitrogen and oxygen atoms in total. The average Bonchev–Trinajstić information content (AvgIpc) is 3.00. The van der Waals surface area contributed by atoms with E-state index in [4.69, 9.17) is 0 Å². The molecule has 0 fully saturated rings. The molecule has 2 aromatic heterocycles. The summed E-state index contributed by atoms with van der Waals surface area (Å²) in [6.07, 6.45) is 4.19. The first-order chi connectivity index (χ1) is 11.8. The molecule has 0 aliphatic carbocycles. The molecule has 4 aromatic rings. The Morgan fingerprint density at radius 3 is 2.83 bits per heavy atom. The van der Waals surface area contributed by atoms with E-state index in [9.17, 15) is 4.79 Å². The van der Waals surface area contributed by atoms with E-state index in [1.165, 1.54) is 21.9 Å². The Bertz CT molecular complexity index is 1030. The Morgan fingerprint density at radius 2 is 2.04 bits per heavy atom. The lowest BCUT2D eigenvalue weighted by Gasteiger charge is -2.05. The van der Waals surface area contributed by atoms with Crippen LogP contribution in [0.15, 0.2) is 60.9 Å². The first kappa shape index (κ1) is 14.5. The van der Waals surface area contributed by atoms with E-state index in [1.54, 1.807) is 24.5 Å². The summed E-state index contributed by atoms with van der Waals surface area (Å²) in [6.45, 7) is 2.15. The van der Waals surface area contributed by atoms with Crippen molar-refractivity contribution in [2.75, 3.05) is 5.32 Å². The molecule has 24 heavy (non-hydrogen) atoms. The first-order valence-corrected chi connectivity index (χ1v) is 8.01. The van der Waals surface area contributed by atoms with Gasteiger partial charge in [-0.05, 0) is 36.2 Å². The summed E-state index contributed by atoms with van der Waals surface area (Å²) >= 11 is 0. The summed E-state index contributed by atoms with van der Waals surface area (Å²) in [7, 11) is 0. The minimum absolute atomic E-state index is 0.159. The summed E-state index contributed by atoms with van der Waals surface area (Å²) in [4.78, 5) is 19.7. The number of aromatic nitrogens is 2. The van der Waals surface area contributed by atoms with Crippen LogP contribution in [0, 0.1) is 0 Å². The van der Waals surface area contributed by atoms with Crippen LogP contribution in [0.4, 0.5) is 5.69 Å². The molecular weight excluding hydrogens is 298 g/mol. The Hall–Kier alpha value is -3.14. The lowest BCUT2D eigenvalue weighted by molar-refractivity contribution is 0.102. The van der Waals surface area contributed by atoms with Gasteiger partial charge in [-0.2, -0.15) is 0 Å². The average molecular weight is 315 g/mol. The fourth-order valence-corrected chi connectivity index (χ4v) is 3.06. The van der Waals surface area contributed by atoms with Crippen LogP contribution < -0.4 is 5.32 Å². The molecule has 0 atom stereocenters. The molecule has 2 N–H and O–H groups in total. The summed E-state index contributed by atoms with van der Waals surface area (Å²) in [5.74, 6) is -0.159. The van der Waals surface area contributed by atoms with Gasteiger partial charge in [0.15, 0.2) is 0 Å². The second kappa shape index (κ2) is 5.81. The van der Waals surface area contributed by atoms with Gasteiger partial charge < -0.3 is 10.3 Å². The van der Waals surface area contributed by atoms with Gasteiger partial charge in [-0.25, -0.2) is 0 Å². The van der Waals surface area contributed by atoms with Gasteiger partial charge in [0.1, 0.15) is 0 Å². The molecule has 0 unspecified atom stereocenters. The normalized spacial score (nSPS) is 11.0. The zero-order valence-electron chi connectivity index (χ0n) is 13.3. The largest absolute Gasteiger partial charge is 0.354 e. The maximum Gasteiger partial charge on any atom is 0.257 e. The molecule has 2 aromatic carbocycles. The zero-order valence-corrected chi connectivity index (χ0v) is 13.3. The molecule has 0 saturated carbocycles. The number of pyridine rings is 1. The van der Waals surface area contributed by atoms with Crippen molar-refractivity contribution in [3.8, 4) is 0 Å². The van der Waals surface area contributed by atoms with Crippen molar-refractivity contribution in [3.63, 3.8) is 0 Å². The van der Waals surface area contributed by atoms with Crippen molar-refractivity contribution < 1.29 is 4.79 Å². The number of aryl methyl sites for hydroxylation is 1. The summed E-state index contributed by atoms with van der Waals surface area (Å²) < 4.78 is 0. The first-order valence-electron chi connectivity index (χ1n) is 8.01. The van der Waals surface area contributed by atoms with Crippen LogP contribution in [0.3, 0.4) is 0 Å². The number of hydrogen-bond acceptors (Lipinski definition) is 2. The molecule has 4 heteroatoms. The number of amides is 1. The zero-order chi connectivity index (χ0) is 16.5. The molecule has 0 spiro atoms. The van der Waals surface area contributed by atoms with E-state index in [2.05, 4.69) is 40.4 Å². The van der Waals surface area contributed by atoms with Crippen molar-refractivity contribution in [1.82, 2.24) is 9.97 Å². The smallest absolute Gasteiger partial charge is 0.257 e. The quantitative estimate of drug-likeness (QED) is 0.583. The van der Waals surface area contributed by atoms with E-state index in [0.717, 1.165) is 17.6 Å². The lowest BCUT2D eigenvalue weighted by atomic mass is 10.1. The number of aromatic amines is 1. The number of H-pyrrole nitrogens is 1. The van der Waals surface area contributed by atoms with Crippen molar-refractivity contribution in [2.45, 2.75) is 13.3 Å². The molecule has 1 amide bonds. The molecule has 2 heterocycles. The number of hydrogen-bond donors (Lipinski definition) is 2. The van der Waals surface area contributed by atoms with Gasteiger partial charge in [0.2, 0.25) is 0 Å². The Labute approximate surface area is 139 Å². The molecule has 0 saturated heterocycles. The summed E-state index contributed by atoms with van der Waals surface area (Å²) in [6, 6.07) is 15.8. The van der Waals surface area contributed by atoms with E-state index in [1.807, 2.05) is 18.2 Å². The number of nitrogens with one attached hydrogen (secondary N) is 2. The number of rotatable bonds is 3. The maximum absolute atomic E-state index is 12.3. The maximum atomic E-state index is 12.3. The molecule has 118 valence electrons. The van der Waals surface area contributed by atoms with Gasteiger partial charge in [0.25, 0.3) is 5.91 Å². The van der Waals surface area contributed by atoms with Crippen LogP contribution in [0.5, 0.6) is 0 Å². The number of para-hydroxylation sites is 1. The fourth-order valence-electron chi connectivity index (χ4n) is 3.06. The van der Waals surface area contributed by atoms with Crippen LogP contribution in [0.1, 0.15) is 22.8 Å². The van der Waals surface area contributed by atoms with Crippen LogP contribution in [-0.4, -0.2) is 15.9 Å². The fraction of sp³-hybridized carbons (Fsp3) is 0.100. The van der Waals surface area contributed by atoms with E-state index in [0.29, 0.717) is 5.56 Å². The van der Waals surface area contributed by atoms with Gasteiger partial charge in [-0.3, -0.25) is 9.78 Å². The van der Waals surface area contributed by atoms with E-state index >= 15 is 0 Å². The second-order valence-corrected chi connectivity index (χ2v) is 5.77. The highest BCUT2D eigenvalue weighted by Crippen LogP contribution is 2.29. The number of fused-ring (bicyclic) bond motifs is 3. The van der Waals surface area contributed by atoms with Crippen LogP contribution in [0.2, 0.25) is 0 Å². The number of benzene rings is 2. The third kappa shape index (κ3) is 2.42. The van der Waals surface area contributed by atoms with Gasteiger partial charge in [-0.1, -0.05) is 31.2 Å². The molecular formula is C20H17N3O. The molecule has 0 radical (unpaired) electrons. The topological polar surface area (TPSA) is 57.8 Å². The summed E-state index contributed by atoms with van der Waals surface area (Å²) in [5, 5.41) is 5.31. The third-order valence-electron chi connectivity index (χ3n) is 4.28.